The molecule has 0 aliphatic rings. The van der Waals surface area contributed by atoms with E-state index in [2.05, 4.69) is 9.97 Å². The SMILES string of the molecule is O=C(O)c1c2ccccc2c(-c2c3ccccc3c(C(=O)O)c3ccccc23)c2ccccc12.c1ccc2nc3ccccc3nc2c1. The van der Waals surface area contributed by atoms with E-state index in [-0.39, 0.29) is 11.1 Å². The summed E-state index contributed by atoms with van der Waals surface area (Å²) in [5.41, 5.74) is 6.15. The minimum atomic E-state index is -0.977. The lowest BCUT2D eigenvalue weighted by Crippen LogP contribution is -2.03. The number of hydrogen-bond acceptors (Lipinski definition) is 4. The first kappa shape index (κ1) is 28.8. The molecule has 0 spiro atoms. The summed E-state index contributed by atoms with van der Waals surface area (Å²) in [5.74, 6) is -1.95. The Labute approximate surface area is 274 Å². The second-order valence-corrected chi connectivity index (χ2v) is 11.5. The van der Waals surface area contributed by atoms with Crippen LogP contribution in [0.25, 0.3) is 76.3 Å². The molecular formula is C42H26N2O4. The number of carboxylic acids is 2. The lowest BCUT2D eigenvalue weighted by molar-refractivity contribution is 0.0690. The van der Waals surface area contributed by atoms with Gasteiger partial charge in [0, 0.05) is 0 Å². The summed E-state index contributed by atoms with van der Waals surface area (Å²) in [6.45, 7) is 0. The van der Waals surface area contributed by atoms with E-state index in [4.69, 9.17) is 0 Å². The normalized spacial score (nSPS) is 11.2. The summed E-state index contributed by atoms with van der Waals surface area (Å²) in [7, 11) is 0. The van der Waals surface area contributed by atoms with Crippen LogP contribution >= 0.6 is 0 Å². The molecule has 0 saturated heterocycles. The molecule has 0 bridgehead atoms. The largest absolute Gasteiger partial charge is 0.478 e. The summed E-state index contributed by atoms with van der Waals surface area (Å²) >= 11 is 0. The van der Waals surface area contributed by atoms with E-state index in [0.717, 1.165) is 54.7 Å². The van der Waals surface area contributed by atoms with Crippen LogP contribution in [0, 0.1) is 0 Å². The highest BCUT2D eigenvalue weighted by Gasteiger charge is 2.24. The molecule has 228 valence electrons. The molecule has 8 aromatic carbocycles. The minimum Gasteiger partial charge on any atom is -0.478 e. The average Bonchev–Trinajstić information content (AvgIpc) is 3.12. The van der Waals surface area contributed by atoms with Crippen LogP contribution in [-0.4, -0.2) is 32.1 Å². The van der Waals surface area contributed by atoms with Crippen LogP contribution in [-0.2, 0) is 0 Å². The summed E-state index contributed by atoms with van der Waals surface area (Å²) in [6.07, 6.45) is 0. The Morgan fingerprint density at radius 1 is 0.333 bits per heavy atom. The zero-order valence-corrected chi connectivity index (χ0v) is 25.5. The van der Waals surface area contributed by atoms with Crippen molar-refractivity contribution in [2.24, 2.45) is 0 Å². The maximum atomic E-state index is 12.4. The topological polar surface area (TPSA) is 100 Å². The maximum Gasteiger partial charge on any atom is 0.336 e. The fourth-order valence-corrected chi connectivity index (χ4v) is 6.82. The van der Waals surface area contributed by atoms with Gasteiger partial charge >= 0.3 is 11.9 Å². The van der Waals surface area contributed by atoms with Crippen LogP contribution in [0.4, 0.5) is 0 Å². The third-order valence-electron chi connectivity index (χ3n) is 8.79. The summed E-state index contributed by atoms with van der Waals surface area (Å²) in [6, 6.07) is 46.0. The quantitative estimate of drug-likeness (QED) is 0.190. The molecule has 0 saturated carbocycles. The van der Waals surface area contributed by atoms with Crippen LogP contribution in [0.15, 0.2) is 146 Å². The molecule has 1 heterocycles. The third-order valence-corrected chi connectivity index (χ3v) is 8.79. The number of aromatic carboxylic acids is 2. The highest BCUT2D eigenvalue weighted by molar-refractivity contribution is 6.30. The summed E-state index contributed by atoms with van der Waals surface area (Å²) in [5, 5.41) is 26.1. The predicted octanol–water partition coefficient (Wildman–Crippen LogP) is 10.1. The van der Waals surface area contributed by atoms with Crippen molar-refractivity contribution in [1.29, 1.82) is 0 Å². The van der Waals surface area contributed by atoms with Crippen molar-refractivity contribution < 1.29 is 19.8 Å². The van der Waals surface area contributed by atoms with Crippen molar-refractivity contribution in [2.45, 2.75) is 0 Å². The number of aromatic nitrogens is 2. The molecule has 0 aliphatic carbocycles. The van der Waals surface area contributed by atoms with Crippen molar-refractivity contribution in [3.05, 3.63) is 157 Å². The van der Waals surface area contributed by atoms with Gasteiger partial charge in [-0.1, -0.05) is 121 Å². The Hall–Kier alpha value is -6.66. The number of benzene rings is 8. The second kappa shape index (κ2) is 11.6. The number of nitrogens with zero attached hydrogens (tertiary/aromatic N) is 2. The lowest BCUT2D eigenvalue weighted by atomic mass is 9.83. The lowest BCUT2D eigenvalue weighted by Gasteiger charge is -2.20. The molecule has 2 N–H and O–H groups in total. The molecule has 0 unspecified atom stereocenters. The van der Waals surface area contributed by atoms with Crippen LogP contribution in [0.3, 0.4) is 0 Å². The molecular weight excluding hydrogens is 596 g/mol. The van der Waals surface area contributed by atoms with Gasteiger partial charge in [0.15, 0.2) is 0 Å². The van der Waals surface area contributed by atoms with Gasteiger partial charge in [0.05, 0.1) is 33.2 Å². The molecule has 1 aromatic heterocycles. The molecule has 6 nitrogen and oxygen atoms in total. The van der Waals surface area contributed by atoms with Crippen molar-refractivity contribution >= 4 is 77.1 Å². The van der Waals surface area contributed by atoms with E-state index in [1.54, 1.807) is 0 Å². The van der Waals surface area contributed by atoms with Gasteiger partial charge in [-0.15, -0.1) is 0 Å². The van der Waals surface area contributed by atoms with Crippen molar-refractivity contribution in [3.63, 3.8) is 0 Å². The van der Waals surface area contributed by atoms with Gasteiger partial charge in [-0.05, 0) is 78.5 Å². The number of para-hydroxylation sites is 4. The van der Waals surface area contributed by atoms with E-state index < -0.39 is 11.9 Å². The molecule has 6 heteroatoms. The number of carbonyl (C=O) groups is 2. The smallest absolute Gasteiger partial charge is 0.336 e. The second-order valence-electron chi connectivity index (χ2n) is 11.5. The van der Waals surface area contributed by atoms with Crippen molar-refractivity contribution in [1.82, 2.24) is 9.97 Å². The maximum absolute atomic E-state index is 12.4. The zero-order valence-electron chi connectivity index (χ0n) is 25.5. The van der Waals surface area contributed by atoms with E-state index in [1.807, 2.05) is 146 Å². The van der Waals surface area contributed by atoms with Gasteiger partial charge in [0.25, 0.3) is 0 Å². The van der Waals surface area contributed by atoms with E-state index in [9.17, 15) is 19.8 Å². The average molecular weight is 623 g/mol. The third kappa shape index (κ3) is 4.66. The Bertz CT molecular complexity index is 2400. The van der Waals surface area contributed by atoms with Crippen LogP contribution in [0.2, 0.25) is 0 Å². The van der Waals surface area contributed by atoms with E-state index in [0.29, 0.717) is 21.5 Å². The predicted molar refractivity (Wildman–Crippen MR) is 193 cm³/mol. The van der Waals surface area contributed by atoms with Gasteiger partial charge < -0.3 is 10.2 Å². The van der Waals surface area contributed by atoms with Crippen LogP contribution in [0.1, 0.15) is 20.7 Å². The minimum absolute atomic E-state index is 0.269. The first-order valence-electron chi connectivity index (χ1n) is 15.5. The van der Waals surface area contributed by atoms with Crippen molar-refractivity contribution in [3.8, 4) is 11.1 Å². The molecule has 0 radical (unpaired) electrons. The van der Waals surface area contributed by atoms with Crippen LogP contribution in [0.5, 0.6) is 0 Å². The van der Waals surface area contributed by atoms with E-state index in [1.165, 1.54) is 0 Å². The van der Waals surface area contributed by atoms with Crippen molar-refractivity contribution in [2.75, 3.05) is 0 Å². The molecule has 0 amide bonds. The Kier molecular flexibility index (Phi) is 6.96. The Balaban J connectivity index is 0.000000199. The Morgan fingerprint density at radius 2 is 0.542 bits per heavy atom. The number of carboxylic acid groups (broad SMARTS) is 2. The molecule has 9 rings (SSSR count). The number of rotatable bonds is 3. The van der Waals surface area contributed by atoms with Gasteiger partial charge in [-0.25, -0.2) is 19.6 Å². The number of hydrogen-bond donors (Lipinski definition) is 2. The first-order valence-corrected chi connectivity index (χ1v) is 15.5. The molecule has 0 fully saturated rings. The van der Waals surface area contributed by atoms with E-state index >= 15 is 0 Å². The fraction of sp³-hybridized carbons (Fsp3) is 0. The molecule has 0 atom stereocenters. The summed E-state index contributed by atoms with van der Waals surface area (Å²) in [4.78, 5) is 33.7. The van der Waals surface area contributed by atoms with Crippen LogP contribution < -0.4 is 0 Å². The van der Waals surface area contributed by atoms with Gasteiger partial charge in [-0.3, -0.25) is 0 Å². The fourth-order valence-electron chi connectivity index (χ4n) is 6.82. The molecule has 0 aliphatic heterocycles. The van der Waals surface area contributed by atoms with Gasteiger partial charge in [-0.2, -0.15) is 0 Å². The Morgan fingerprint density at radius 3 is 0.771 bits per heavy atom. The number of fused-ring (bicyclic) bond motifs is 6. The molecule has 9 aromatic rings. The molecule has 48 heavy (non-hydrogen) atoms. The van der Waals surface area contributed by atoms with Gasteiger partial charge in [0.2, 0.25) is 0 Å². The zero-order chi connectivity index (χ0) is 32.8. The highest BCUT2D eigenvalue weighted by Crippen LogP contribution is 2.46. The van der Waals surface area contributed by atoms with Gasteiger partial charge in [0.1, 0.15) is 0 Å². The first-order chi connectivity index (χ1) is 23.5. The standard InChI is InChI=1S/C30H18O4.C12H8N2/c31-29(32)27-21-13-5-1-9-17(21)25(18-10-2-6-14-22(18)27)26-19-11-3-7-15-23(19)28(30(33)34)24-16-8-4-12-20(24)26;1-2-6-10-9(5-1)13-11-7-3-4-8-12(11)14-10/h1-16H,(H,31,32)(H,33,34);1-8H. The monoisotopic (exact) mass is 622 g/mol. The summed E-state index contributed by atoms with van der Waals surface area (Å²) < 4.78 is 0. The highest BCUT2D eigenvalue weighted by atomic mass is 16.4.